The van der Waals surface area contributed by atoms with Gasteiger partial charge in [0.15, 0.2) is 0 Å². The van der Waals surface area contributed by atoms with Gasteiger partial charge in [0.05, 0.1) is 17.5 Å². The van der Waals surface area contributed by atoms with E-state index in [-0.39, 0.29) is 16.9 Å². The van der Waals surface area contributed by atoms with Crippen molar-refractivity contribution in [3.05, 3.63) is 95.0 Å². The van der Waals surface area contributed by atoms with E-state index < -0.39 is 10.0 Å². The summed E-state index contributed by atoms with van der Waals surface area (Å²) in [6.07, 6.45) is 5.32. The van der Waals surface area contributed by atoms with Gasteiger partial charge in [0, 0.05) is 22.3 Å². The van der Waals surface area contributed by atoms with Crippen molar-refractivity contribution in [2.45, 2.75) is 30.2 Å². The Labute approximate surface area is 199 Å². The van der Waals surface area contributed by atoms with E-state index >= 15 is 0 Å². The second-order valence-electron chi connectivity index (χ2n) is 8.34. The molecule has 5 rings (SSSR count). The SMILES string of the molecule is CCOc1ccc(NS(=O)(=O)c2ccc3c(c2)[C@H]2C=CC[C@H]2[C@@H](c2ccc(Cl)cc2)N3)cc1. The Hall–Kier alpha value is -2.96. The third-order valence-electron chi connectivity index (χ3n) is 6.29. The van der Waals surface area contributed by atoms with Crippen molar-refractivity contribution in [3.63, 3.8) is 0 Å². The van der Waals surface area contributed by atoms with E-state index in [4.69, 9.17) is 16.3 Å². The molecule has 2 N–H and O–H groups in total. The number of benzene rings is 3. The van der Waals surface area contributed by atoms with Crippen LogP contribution in [0.4, 0.5) is 11.4 Å². The molecule has 1 heterocycles. The Morgan fingerprint density at radius 1 is 1.06 bits per heavy atom. The number of ether oxygens (including phenoxy) is 1. The van der Waals surface area contributed by atoms with E-state index in [1.807, 2.05) is 25.1 Å². The highest BCUT2D eigenvalue weighted by Crippen LogP contribution is 2.50. The molecule has 0 fully saturated rings. The highest BCUT2D eigenvalue weighted by Gasteiger charge is 2.38. The Kier molecular flexibility index (Phi) is 5.81. The Morgan fingerprint density at radius 3 is 2.55 bits per heavy atom. The van der Waals surface area contributed by atoms with Gasteiger partial charge in [-0.1, -0.05) is 35.9 Å². The summed E-state index contributed by atoms with van der Waals surface area (Å²) in [5, 5.41) is 4.35. The molecule has 170 valence electrons. The largest absolute Gasteiger partial charge is 0.494 e. The van der Waals surface area contributed by atoms with Crippen LogP contribution >= 0.6 is 11.6 Å². The van der Waals surface area contributed by atoms with Gasteiger partial charge in [0.1, 0.15) is 5.75 Å². The number of allylic oxidation sites excluding steroid dienone is 2. The minimum atomic E-state index is -3.73. The van der Waals surface area contributed by atoms with Gasteiger partial charge in [-0.2, -0.15) is 0 Å². The average Bonchev–Trinajstić information content (AvgIpc) is 3.30. The number of hydrogen-bond donors (Lipinski definition) is 2. The van der Waals surface area contributed by atoms with Gasteiger partial charge < -0.3 is 10.1 Å². The zero-order valence-corrected chi connectivity index (χ0v) is 19.7. The second kappa shape index (κ2) is 8.76. The molecule has 3 aromatic carbocycles. The number of nitrogens with one attached hydrogen (secondary N) is 2. The predicted octanol–water partition coefficient (Wildman–Crippen LogP) is 6.37. The lowest BCUT2D eigenvalue weighted by Crippen LogP contribution is -2.29. The first-order chi connectivity index (χ1) is 15.9. The topological polar surface area (TPSA) is 67.4 Å². The molecule has 33 heavy (non-hydrogen) atoms. The molecule has 3 atom stereocenters. The summed E-state index contributed by atoms with van der Waals surface area (Å²) < 4.78 is 34.3. The van der Waals surface area contributed by atoms with E-state index in [9.17, 15) is 8.42 Å². The van der Waals surface area contributed by atoms with Crippen molar-refractivity contribution >= 4 is 33.0 Å². The smallest absolute Gasteiger partial charge is 0.261 e. The van der Waals surface area contributed by atoms with Crippen LogP contribution in [0.2, 0.25) is 5.02 Å². The van der Waals surface area contributed by atoms with Crippen LogP contribution in [0.1, 0.15) is 36.4 Å². The lowest BCUT2D eigenvalue weighted by molar-refractivity contribution is 0.340. The first-order valence-corrected chi connectivity index (χ1v) is 12.9. The molecule has 1 aliphatic heterocycles. The van der Waals surface area contributed by atoms with Gasteiger partial charge in [-0.3, -0.25) is 4.72 Å². The van der Waals surface area contributed by atoms with E-state index in [1.54, 1.807) is 36.4 Å². The standard InChI is InChI=1S/C26H25ClN2O3S/c1-2-32-20-12-10-19(11-13-20)29-33(30,31)21-14-15-25-24(16-21)22-4-3-5-23(22)26(28-25)17-6-8-18(27)9-7-17/h3-4,6-16,22-23,26,28-29H,2,5H2,1H3/t22-,23+,26+/m0/s1. The van der Waals surface area contributed by atoms with Gasteiger partial charge in [-0.25, -0.2) is 8.42 Å². The van der Waals surface area contributed by atoms with Crippen LogP contribution in [0.3, 0.4) is 0 Å². The third-order valence-corrected chi connectivity index (χ3v) is 7.92. The maximum absolute atomic E-state index is 13.1. The van der Waals surface area contributed by atoms with Crippen LogP contribution in [0.25, 0.3) is 0 Å². The number of hydrogen-bond acceptors (Lipinski definition) is 4. The number of sulfonamides is 1. The molecule has 0 spiro atoms. The normalized spacial score (nSPS) is 21.1. The Morgan fingerprint density at radius 2 is 1.82 bits per heavy atom. The minimum absolute atomic E-state index is 0.138. The maximum Gasteiger partial charge on any atom is 0.261 e. The molecule has 5 nitrogen and oxygen atoms in total. The van der Waals surface area contributed by atoms with E-state index in [2.05, 4.69) is 34.3 Å². The summed E-state index contributed by atoms with van der Waals surface area (Å²) in [6, 6.07) is 20.3. The first-order valence-electron chi connectivity index (χ1n) is 11.0. The minimum Gasteiger partial charge on any atom is -0.494 e. The molecule has 1 aliphatic carbocycles. The molecule has 3 aromatic rings. The average molecular weight is 481 g/mol. The zero-order valence-electron chi connectivity index (χ0n) is 18.2. The van der Waals surface area contributed by atoms with Crippen molar-refractivity contribution in [2.75, 3.05) is 16.6 Å². The maximum atomic E-state index is 13.1. The third kappa shape index (κ3) is 4.33. The summed E-state index contributed by atoms with van der Waals surface area (Å²) in [7, 11) is -3.73. The highest BCUT2D eigenvalue weighted by molar-refractivity contribution is 7.92. The number of fused-ring (bicyclic) bond motifs is 3. The van der Waals surface area contributed by atoms with Crippen LogP contribution < -0.4 is 14.8 Å². The van der Waals surface area contributed by atoms with Crippen molar-refractivity contribution in [2.24, 2.45) is 5.92 Å². The van der Waals surface area contributed by atoms with Gasteiger partial charge >= 0.3 is 0 Å². The van der Waals surface area contributed by atoms with Crippen molar-refractivity contribution in [1.82, 2.24) is 0 Å². The molecule has 0 saturated heterocycles. The molecule has 0 unspecified atom stereocenters. The second-order valence-corrected chi connectivity index (χ2v) is 10.5. The number of rotatable bonds is 6. The number of anilines is 2. The summed E-state index contributed by atoms with van der Waals surface area (Å²) >= 11 is 6.08. The zero-order chi connectivity index (χ0) is 23.0. The molecule has 0 saturated carbocycles. The Bertz CT molecular complexity index is 1290. The monoisotopic (exact) mass is 480 g/mol. The first kappa shape index (κ1) is 21.9. The molecule has 0 amide bonds. The van der Waals surface area contributed by atoms with Crippen LogP contribution in [0, 0.1) is 5.92 Å². The summed E-state index contributed by atoms with van der Waals surface area (Å²) in [5.74, 6) is 1.17. The fourth-order valence-electron chi connectivity index (χ4n) is 4.74. The van der Waals surface area contributed by atoms with Gasteiger partial charge in [-0.15, -0.1) is 0 Å². The quantitative estimate of drug-likeness (QED) is 0.402. The van der Waals surface area contributed by atoms with Crippen molar-refractivity contribution in [3.8, 4) is 5.75 Å². The molecule has 0 radical (unpaired) electrons. The van der Waals surface area contributed by atoms with Gasteiger partial charge in [0.25, 0.3) is 10.0 Å². The van der Waals surface area contributed by atoms with E-state index in [0.29, 0.717) is 29.0 Å². The molecule has 7 heteroatoms. The van der Waals surface area contributed by atoms with Crippen molar-refractivity contribution in [1.29, 1.82) is 0 Å². The molecule has 0 aromatic heterocycles. The van der Waals surface area contributed by atoms with Crippen LogP contribution in [0.5, 0.6) is 5.75 Å². The van der Waals surface area contributed by atoms with Crippen LogP contribution in [0.15, 0.2) is 83.8 Å². The van der Waals surface area contributed by atoms with E-state index in [1.165, 1.54) is 5.56 Å². The van der Waals surface area contributed by atoms with Crippen LogP contribution in [-0.2, 0) is 10.0 Å². The summed E-state index contributed by atoms with van der Waals surface area (Å²) in [6.45, 7) is 2.47. The lowest BCUT2D eigenvalue weighted by Gasteiger charge is -2.37. The molecule has 0 bridgehead atoms. The van der Waals surface area contributed by atoms with Gasteiger partial charge in [0.2, 0.25) is 0 Å². The fraction of sp³-hybridized carbons (Fsp3) is 0.231. The summed E-state index contributed by atoms with van der Waals surface area (Å²) in [5.41, 5.74) is 3.64. The molecular formula is C26H25ClN2O3S. The fourth-order valence-corrected chi connectivity index (χ4v) is 5.96. The Balaban J connectivity index is 1.43. The molecular weight excluding hydrogens is 456 g/mol. The predicted molar refractivity (Wildman–Crippen MR) is 133 cm³/mol. The number of halogens is 1. The van der Waals surface area contributed by atoms with Crippen molar-refractivity contribution < 1.29 is 13.2 Å². The van der Waals surface area contributed by atoms with Crippen LogP contribution in [-0.4, -0.2) is 15.0 Å². The highest BCUT2D eigenvalue weighted by atomic mass is 35.5. The lowest BCUT2D eigenvalue weighted by atomic mass is 9.77. The molecule has 2 aliphatic rings. The van der Waals surface area contributed by atoms with Gasteiger partial charge in [-0.05, 0) is 85.0 Å². The summed E-state index contributed by atoms with van der Waals surface area (Å²) in [4.78, 5) is 0.251. The van der Waals surface area contributed by atoms with E-state index in [0.717, 1.165) is 17.7 Å².